The van der Waals surface area contributed by atoms with Crippen LogP contribution in [-0.4, -0.2) is 45.2 Å². The van der Waals surface area contributed by atoms with Crippen LogP contribution >= 0.6 is 11.8 Å². The van der Waals surface area contributed by atoms with Gasteiger partial charge in [0, 0.05) is 43.5 Å². The van der Waals surface area contributed by atoms with Gasteiger partial charge in [-0.05, 0) is 61.2 Å². The van der Waals surface area contributed by atoms with Crippen molar-refractivity contribution in [2.24, 2.45) is 0 Å². The van der Waals surface area contributed by atoms with Crippen molar-refractivity contribution in [2.45, 2.75) is 44.3 Å². The van der Waals surface area contributed by atoms with Crippen LogP contribution in [0.3, 0.4) is 0 Å². The summed E-state index contributed by atoms with van der Waals surface area (Å²) in [6.45, 7) is 0.813. The zero-order valence-corrected chi connectivity index (χ0v) is 19.7. The number of anilines is 1. The van der Waals surface area contributed by atoms with Gasteiger partial charge in [0.2, 0.25) is 5.95 Å². The molecule has 2 aliphatic rings. The first-order valence-electron chi connectivity index (χ1n) is 11.4. The van der Waals surface area contributed by atoms with E-state index in [1.807, 2.05) is 19.3 Å². The van der Waals surface area contributed by atoms with Crippen molar-refractivity contribution in [3.8, 4) is 0 Å². The van der Waals surface area contributed by atoms with Gasteiger partial charge < -0.3 is 10.2 Å². The molecular weight excluding hydrogens is 448 g/mol. The molecule has 1 saturated carbocycles. The van der Waals surface area contributed by atoms with Crippen LogP contribution in [0.15, 0.2) is 53.7 Å². The fourth-order valence-corrected chi connectivity index (χ4v) is 5.23. The molecule has 8 nitrogen and oxygen atoms in total. The third-order valence-corrected chi connectivity index (χ3v) is 7.25. The van der Waals surface area contributed by atoms with Gasteiger partial charge in [0.1, 0.15) is 0 Å². The van der Waals surface area contributed by atoms with E-state index in [2.05, 4.69) is 54.8 Å². The van der Waals surface area contributed by atoms with E-state index in [1.165, 1.54) is 10.9 Å². The Labute approximate surface area is 202 Å². The summed E-state index contributed by atoms with van der Waals surface area (Å²) in [5, 5.41) is 6.80. The van der Waals surface area contributed by atoms with Crippen molar-refractivity contribution in [2.75, 3.05) is 11.9 Å². The monoisotopic (exact) mass is 474 g/mol. The van der Waals surface area contributed by atoms with Crippen molar-refractivity contribution >= 4 is 45.8 Å². The standard InChI is InChI=1S/C25H26N6O2S/c1-31(24-27-13-11-19(29-24)14-21-23(32)30-25(33)34-21)20-9-7-18(8-10-20)28-15-17-5-2-4-16-6-3-12-26-22(16)17/h2-6,11-14,18,20,28H,7-10,15H2,1H3,(H,30,32,33)/b21-14-/t18-,20-. The number of carbonyl (C=O) groups is 2. The summed E-state index contributed by atoms with van der Waals surface area (Å²) < 4.78 is 0. The molecule has 34 heavy (non-hydrogen) atoms. The Balaban J connectivity index is 1.18. The molecule has 0 unspecified atom stereocenters. The number of hydrogen-bond acceptors (Lipinski definition) is 8. The highest BCUT2D eigenvalue weighted by atomic mass is 32.2. The smallest absolute Gasteiger partial charge is 0.290 e. The third-order valence-electron chi connectivity index (χ3n) is 6.44. The number of amides is 2. The summed E-state index contributed by atoms with van der Waals surface area (Å²) in [5.41, 5.74) is 2.91. The highest BCUT2D eigenvalue weighted by Crippen LogP contribution is 2.27. The number of thioether (sulfide) groups is 1. The average molecular weight is 475 g/mol. The normalized spacial score (nSPS) is 21.7. The highest BCUT2D eigenvalue weighted by molar-refractivity contribution is 8.18. The SMILES string of the molecule is CN(c1nccc(/C=C2\SC(=O)NC2=O)n1)[C@H]1CC[C@H](NCc2cccc3cccnc23)CC1. The van der Waals surface area contributed by atoms with Gasteiger partial charge in [-0.3, -0.25) is 19.9 Å². The maximum absolute atomic E-state index is 11.8. The van der Waals surface area contributed by atoms with E-state index in [0.717, 1.165) is 49.5 Å². The molecule has 0 atom stereocenters. The van der Waals surface area contributed by atoms with E-state index in [1.54, 1.807) is 18.3 Å². The number of pyridine rings is 1. The first-order chi connectivity index (χ1) is 16.6. The number of imide groups is 1. The van der Waals surface area contributed by atoms with Crippen LogP contribution in [0, 0.1) is 0 Å². The molecule has 1 aliphatic carbocycles. The van der Waals surface area contributed by atoms with E-state index in [-0.39, 0.29) is 11.1 Å². The van der Waals surface area contributed by atoms with Crippen LogP contribution in [0.1, 0.15) is 36.9 Å². The molecule has 3 aromatic rings. The minimum atomic E-state index is -0.381. The number of carbonyl (C=O) groups excluding carboxylic acids is 2. The molecule has 2 amide bonds. The predicted octanol–water partition coefficient (Wildman–Crippen LogP) is 3.89. The zero-order valence-electron chi connectivity index (χ0n) is 18.9. The molecule has 5 rings (SSSR count). The molecule has 0 spiro atoms. The first-order valence-corrected chi connectivity index (χ1v) is 12.3. The first kappa shape index (κ1) is 22.5. The van der Waals surface area contributed by atoms with Crippen molar-refractivity contribution < 1.29 is 9.59 Å². The van der Waals surface area contributed by atoms with Gasteiger partial charge in [-0.1, -0.05) is 24.3 Å². The summed E-state index contributed by atoms with van der Waals surface area (Å²) >= 11 is 0.891. The summed E-state index contributed by atoms with van der Waals surface area (Å²) in [5.74, 6) is 0.246. The topological polar surface area (TPSA) is 100 Å². The number of hydrogen-bond donors (Lipinski definition) is 2. The van der Waals surface area contributed by atoms with Gasteiger partial charge in [-0.15, -0.1) is 0 Å². The second-order valence-electron chi connectivity index (χ2n) is 8.62. The Kier molecular flexibility index (Phi) is 6.55. The quantitative estimate of drug-likeness (QED) is 0.519. The van der Waals surface area contributed by atoms with Crippen molar-refractivity contribution in [1.82, 2.24) is 25.6 Å². The summed E-state index contributed by atoms with van der Waals surface area (Å²) in [7, 11) is 2.02. The van der Waals surface area contributed by atoms with Crippen molar-refractivity contribution in [1.29, 1.82) is 0 Å². The number of para-hydroxylation sites is 1. The van der Waals surface area contributed by atoms with E-state index in [0.29, 0.717) is 28.6 Å². The van der Waals surface area contributed by atoms with Crippen LogP contribution in [0.25, 0.3) is 17.0 Å². The largest absolute Gasteiger partial charge is 0.341 e. The number of aromatic nitrogens is 3. The molecule has 2 fully saturated rings. The molecular formula is C25H26N6O2S. The summed E-state index contributed by atoms with van der Waals surface area (Å²) in [4.78, 5) is 39.3. The van der Waals surface area contributed by atoms with Gasteiger partial charge in [0.25, 0.3) is 11.1 Å². The van der Waals surface area contributed by atoms with Gasteiger partial charge in [-0.25, -0.2) is 9.97 Å². The number of rotatable bonds is 6. The lowest BCUT2D eigenvalue weighted by Crippen LogP contribution is -2.41. The van der Waals surface area contributed by atoms with Crippen LogP contribution in [0.5, 0.6) is 0 Å². The molecule has 0 bridgehead atoms. The van der Waals surface area contributed by atoms with Gasteiger partial charge in [0.15, 0.2) is 0 Å². The Bertz CT molecular complexity index is 1250. The van der Waals surface area contributed by atoms with Gasteiger partial charge >= 0.3 is 0 Å². The Morgan fingerprint density at radius 3 is 2.71 bits per heavy atom. The van der Waals surface area contributed by atoms with Crippen molar-refractivity contribution in [3.63, 3.8) is 0 Å². The fourth-order valence-electron chi connectivity index (χ4n) is 4.56. The Morgan fingerprint density at radius 1 is 1.09 bits per heavy atom. The average Bonchev–Trinajstić information content (AvgIpc) is 3.18. The number of benzene rings is 1. The predicted molar refractivity (Wildman–Crippen MR) is 134 cm³/mol. The van der Waals surface area contributed by atoms with Crippen molar-refractivity contribution in [3.05, 3.63) is 65.0 Å². The Morgan fingerprint density at radius 2 is 1.91 bits per heavy atom. The molecule has 3 heterocycles. The molecule has 174 valence electrons. The molecule has 0 radical (unpaired) electrons. The molecule has 1 aromatic carbocycles. The minimum absolute atomic E-state index is 0.352. The van der Waals surface area contributed by atoms with Crippen LogP contribution in [0.2, 0.25) is 0 Å². The highest BCUT2D eigenvalue weighted by Gasteiger charge is 2.27. The second kappa shape index (κ2) is 9.90. The van der Waals surface area contributed by atoms with E-state index in [9.17, 15) is 9.59 Å². The third kappa shape index (κ3) is 4.95. The fraction of sp³-hybridized carbons (Fsp3) is 0.320. The van der Waals surface area contributed by atoms with E-state index in [4.69, 9.17) is 0 Å². The lowest BCUT2D eigenvalue weighted by Gasteiger charge is -2.35. The van der Waals surface area contributed by atoms with Crippen LogP contribution < -0.4 is 15.5 Å². The lowest BCUT2D eigenvalue weighted by atomic mass is 9.90. The molecule has 1 saturated heterocycles. The van der Waals surface area contributed by atoms with E-state index < -0.39 is 0 Å². The van der Waals surface area contributed by atoms with E-state index >= 15 is 0 Å². The van der Waals surface area contributed by atoms with Crippen LogP contribution in [0.4, 0.5) is 10.7 Å². The minimum Gasteiger partial charge on any atom is -0.341 e. The van der Waals surface area contributed by atoms with Gasteiger partial charge in [-0.2, -0.15) is 0 Å². The maximum atomic E-state index is 11.8. The molecule has 1 aliphatic heterocycles. The summed E-state index contributed by atoms with van der Waals surface area (Å²) in [6, 6.07) is 13.0. The van der Waals surface area contributed by atoms with Crippen LogP contribution in [-0.2, 0) is 11.3 Å². The molecule has 9 heteroatoms. The lowest BCUT2D eigenvalue weighted by molar-refractivity contribution is -0.115. The number of nitrogens with one attached hydrogen (secondary N) is 2. The zero-order chi connectivity index (χ0) is 23.5. The number of fused-ring (bicyclic) bond motifs is 1. The Hall–Kier alpha value is -3.30. The maximum Gasteiger partial charge on any atom is 0.290 e. The van der Waals surface area contributed by atoms with Gasteiger partial charge in [0.05, 0.1) is 16.1 Å². The second-order valence-corrected chi connectivity index (χ2v) is 9.64. The molecule has 2 N–H and O–H groups in total. The molecule has 2 aromatic heterocycles. The summed E-state index contributed by atoms with van der Waals surface area (Å²) in [6.07, 6.45) is 9.42. The number of nitrogens with zero attached hydrogens (tertiary/aromatic N) is 4.